The van der Waals surface area contributed by atoms with Crippen LogP contribution in [0.1, 0.15) is 34.6 Å². The van der Waals surface area contributed by atoms with Crippen LogP contribution in [0.25, 0.3) is 11.5 Å². The first kappa shape index (κ1) is 20.0. The van der Waals surface area contributed by atoms with Crippen LogP contribution in [0.4, 0.5) is 0 Å². The molecule has 4 rings (SSSR count). The zero-order valence-electron chi connectivity index (χ0n) is 16.8. The molecule has 156 valence electrons. The highest BCUT2D eigenvalue weighted by atomic mass is 16.5. The third-order valence-electron chi connectivity index (χ3n) is 5.15. The Kier molecular flexibility index (Phi) is 6.04. The molecule has 1 fully saturated rings. The molecule has 30 heavy (non-hydrogen) atoms. The number of hydrogen-bond acceptors (Lipinski definition) is 6. The third-order valence-corrected chi connectivity index (χ3v) is 5.15. The van der Waals surface area contributed by atoms with E-state index < -0.39 is 5.91 Å². The Morgan fingerprint density at radius 3 is 2.87 bits per heavy atom. The maximum absolute atomic E-state index is 12.8. The summed E-state index contributed by atoms with van der Waals surface area (Å²) < 4.78 is 12.4. The third kappa shape index (κ3) is 4.49. The monoisotopic (exact) mass is 408 g/mol. The smallest absolute Gasteiger partial charge is 0.263 e. The molecule has 1 amide bonds. The molecule has 1 N–H and O–H groups in total. The molecule has 1 aliphatic heterocycles. The standard InChI is InChI=1S/C22H24N4O4/c1-15-10-12-26(14-17-8-5-13-29-17)22(28)19(15)20(27)23-11-9-18-24-21(30-25-18)16-6-3-2-4-7-16/h2-4,6-7,10,12,17H,5,8-9,11,13-14H2,1H3,(H,23,27). The van der Waals surface area contributed by atoms with Crippen molar-refractivity contribution in [2.75, 3.05) is 13.2 Å². The largest absolute Gasteiger partial charge is 0.376 e. The van der Waals surface area contributed by atoms with Gasteiger partial charge in [0.1, 0.15) is 5.56 Å². The van der Waals surface area contributed by atoms with Crippen LogP contribution in [0.2, 0.25) is 0 Å². The van der Waals surface area contributed by atoms with Gasteiger partial charge in [0.25, 0.3) is 17.4 Å². The number of aryl methyl sites for hydroxylation is 1. The number of pyridine rings is 1. The summed E-state index contributed by atoms with van der Waals surface area (Å²) in [4.78, 5) is 29.8. The molecule has 0 bridgehead atoms. The van der Waals surface area contributed by atoms with Crippen molar-refractivity contribution in [3.05, 3.63) is 69.9 Å². The molecule has 0 aliphatic carbocycles. The topological polar surface area (TPSA) is 99.2 Å². The molecule has 3 aromatic rings. The summed E-state index contributed by atoms with van der Waals surface area (Å²) in [5, 5.41) is 6.75. The first-order valence-corrected chi connectivity index (χ1v) is 10.1. The fourth-order valence-electron chi connectivity index (χ4n) is 3.52. The predicted octanol–water partition coefficient (Wildman–Crippen LogP) is 2.36. The van der Waals surface area contributed by atoms with Crippen molar-refractivity contribution in [1.82, 2.24) is 20.0 Å². The van der Waals surface area contributed by atoms with E-state index >= 15 is 0 Å². The van der Waals surface area contributed by atoms with E-state index in [1.165, 1.54) is 0 Å². The van der Waals surface area contributed by atoms with Crippen molar-refractivity contribution >= 4 is 5.91 Å². The van der Waals surface area contributed by atoms with Crippen LogP contribution in [0.5, 0.6) is 0 Å². The quantitative estimate of drug-likeness (QED) is 0.644. The first-order valence-electron chi connectivity index (χ1n) is 10.1. The molecule has 2 aromatic heterocycles. The molecule has 1 atom stereocenters. The van der Waals surface area contributed by atoms with E-state index in [0.717, 1.165) is 25.0 Å². The van der Waals surface area contributed by atoms with Gasteiger partial charge >= 0.3 is 0 Å². The Morgan fingerprint density at radius 2 is 2.10 bits per heavy atom. The number of nitrogens with one attached hydrogen (secondary N) is 1. The number of benzene rings is 1. The first-order chi connectivity index (χ1) is 14.6. The number of carbonyl (C=O) groups excluding carboxylic acids is 1. The minimum absolute atomic E-state index is 0.0263. The average molecular weight is 408 g/mol. The normalized spacial score (nSPS) is 16.0. The molecule has 0 radical (unpaired) electrons. The van der Waals surface area contributed by atoms with Crippen LogP contribution in [0.3, 0.4) is 0 Å². The number of ether oxygens (including phenoxy) is 1. The number of nitrogens with zero attached hydrogens (tertiary/aromatic N) is 3. The van der Waals surface area contributed by atoms with Crippen molar-refractivity contribution in [2.45, 2.75) is 38.8 Å². The SMILES string of the molecule is Cc1ccn(CC2CCCO2)c(=O)c1C(=O)NCCc1noc(-c2ccccc2)n1. The minimum Gasteiger partial charge on any atom is -0.376 e. The lowest BCUT2D eigenvalue weighted by Gasteiger charge is -2.14. The number of amides is 1. The Morgan fingerprint density at radius 1 is 1.27 bits per heavy atom. The van der Waals surface area contributed by atoms with E-state index in [4.69, 9.17) is 9.26 Å². The van der Waals surface area contributed by atoms with Crippen LogP contribution < -0.4 is 10.9 Å². The van der Waals surface area contributed by atoms with Crippen molar-refractivity contribution in [2.24, 2.45) is 0 Å². The van der Waals surface area contributed by atoms with Gasteiger partial charge < -0.3 is 19.1 Å². The summed E-state index contributed by atoms with van der Waals surface area (Å²) in [5.74, 6) is 0.536. The maximum Gasteiger partial charge on any atom is 0.263 e. The Labute approximate surface area is 173 Å². The highest BCUT2D eigenvalue weighted by Gasteiger charge is 2.20. The van der Waals surface area contributed by atoms with Crippen molar-refractivity contribution in [1.29, 1.82) is 0 Å². The summed E-state index contributed by atoms with van der Waals surface area (Å²) in [6.45, 7) is 3.25. The van der Waals surface area contributed by atoms with Crippen LogP contribution in [-0.4, -0.2) is 39.9 Å². The highest BCUT2D eigenvalue weighted by molar-refractivity contribution is 5.95. The number of aromatic nitrogens is 3. The number of hydrogen-bond donors (Lipinski definition) is 1. The van der Waals surface area contributed by atoms with Gasteiger partial charge in [-0.05, 0) is 43.5 Å². The molecule has 8 heteroatoms. The molecule has 1 aromatic carbocycles. The highest BCUT2D eigenvalue weighted by Crippen LogP contribution is 2.16. The second-order valence-corrected chi connectivity index (χ2v) is 7.35. The Bertz CT molecular complexity index is 1070. The van der Waals surface area contributed by atoms with Gasteiger partial charge in [-0.1, -0.05) is 23.4 Å². The average Bonchev–Trinajstić information content (AvgIpc) is 3.43. The lowest BCUT2D eigenvalue weighted by Crippen LogP contribution is -2.36. The van der Waals surface area contributed by atoms with E-state index in [0.29, 0.717) is 36.8 Å². The van der Waals surface area contributed by atoms with Crippen LogP contribution in [0.15, 0.2) is 51.9 Å². The lowest BCUT2D eigenvalue weighted by atomic mass is 10.1. The molecule has 1 saturated heterocycles. The summed E-state index contributed by atoms with van der Waals surface area (Å²) in [6, 6.07) is 11.3. The molecular weight excluding hydrogens is 384 g/mol. The van der Waals surface area contributed by atoms with Gasteiger partial charge in [-0.2, -0.15) is 4.98 Å². The van der Waals surface area contributed by atoms with E-state index in [9.17, 15) is 9.59 Å². The van der Waals surface area contributed by atoms with E-state index in [-0.39, 0.29) is 17.2 Å². The minimum atomic E-state index is -0.397. The number of carbonyl (C=O) groups is 1. The molecule has 1 unspecified atom stereocenters. The molecule has 0 saturated carbocycles. The van der Waals surface area contributed by atoms with Crippen LogP contribution in [-0.2, 0) is 17.7 Å². The zero-order valence-corrected chi connectivity index (χ0v) is 16.8. The van der Waals surface area contributed by atoms with Gasteiger partial charge in [-0.15, -0.1) is 0 Å². The molecule has 1 aliphatic rings. The van der Waals surface area contributed by atoms with Gasteiger partial charge in [-0.3, -0.25) is 9.59 Å². The van der Waals surface area contributed by atoms with Gasteiger partial charge in [-0.25, -0.2) is 0 Å². The van der Waals surface area contributed by atoms with Crippen molar-refractivity contribution in [3.8, 4) is 11.5 Å². The van der Waals surface area contributed by atoms with Gasteiger partial charge in [0, 0.05) is 31.3 Å². The summed E-state index contributed by atoms with van der Waals surface area (Å²) in [6.07, 6.45) is 4.08. The molecule has 8 nitrogen and oxygen atoms in total. The van der Waals surface area contributed by atoms with Crippen LogP contribution >= 0.6 is 0 Å². The fraction of sp³-hybridized carbons (Fsp3) is 0.364. The maximum atomic E-state index is 12.8. The molecular formula is C22H24N4O4. The summed E-state index contributed by atoms with van der Waals surface area (Å²) in [7, 11) is 0. The van der Waals surface area contributed by atoms with Crippen molar-refractivity contribution in [3.63, 3.8) is 0 Å². The van der Waals surface area contributed by atoms with Gasteiger partial charge in [0.15, 0.2) is 5.82 Å². The zero-order chi connectivity index (χ0) is 20.9. The second-order valence-electron chi connectivity index (χ2n) is 7.35. The Balaban J connectivity index is 1.38. The van der Waals surface area contributed by atoms with Crippen molar-refractivity contribution < 1.29 is 14.1 Å². The molecule has 0 spiro atoms. The lowest BCUT2D eigenvalue weighted by molar-refractivity contribution is 0.0930. The summed E-state index contributed by atoms with van der Waals surface area (Å²) in [5.41, 5.74) is 1.35. The van der Waals surface area contributed by atoms with Crippen LogP contribution in [0, 0.1) is 6.92 Å². The van der Waals surface area contributed by atoms with E-state index in [1.54, 1.807) is 23.8 Å². The summed E-state index contributed by atoms with van der Waals surface area (Å²) >= 11 is 0. The van der Waals surface area contributed by atoms with E-state index in [2.05, 4.69) is 15.5 Å². The predicted molar refractivity (Wildman–Crippen MR) is 110 cm³/mol. The second kappa shape index (κ2) is 9.04. The fourth-order valence-corrected chi connectivity index (χ4v) is 3.52. The van der Waals surface area contributed by atoms with Gasteiger partial charge in [0.2, 0.25) is 0 Å². The molecule has 3 heterocycles. The van der Waals surface area contributed by atoms with Gasteiger partial charge in [0.05, 0.1) is 12.6 Å². The van der Waals surface area contributed by atoms with E-state index in [1.807, 2.05) is 30.3 Å². The Hall–Kier alpha value is -3.26. The number of rotatable bonds is 7.